The molecule has 0 fully saturated rings. The molecule has 1 aliphatic rings. The Kier molecular flexibility index (Phi) is 9.02. The second-order valence-corrected chi connectivity index (χ2v) is 10.6. The van der Waals surface area contributed by atoms with E-state index in [0.717, 1.165) is 30.0 Å². The fourth-order valence-electron chi connectivity index (χ4n) is 4.63. The third-order valence-electron chi connectivity index (χ3n) is 6.59. The van der Waals surface area contributed by atoms with Crippen LogP contribution >= 0.6 is 0 Å². The van der Waals surface area contributed by atoms with E-state index in [-0.39, 0.29) is 18.4 Å². The van der Waals surface area contributed by atoms with E-state index in [4.69, 9.17) is 10.2 Å². The molecule has 9 nitrogen and oxygen atoms in total. The Balaban J connectivity index is 1.94. The first-order valence-corrected chi connectivity index (χ1v) is 13.1. The van der Waals surface area contributed by atoms with Crippen molar-refractivity contribution in [3.8, 4) is 0 Å². The summed E-state index contributed by atoms with van der Waals surface area (Å²) in [5, 5.41) is 5.70. The number of benzene rings is 1. The van der Waals surface area contributed by atoms with Gasteiger partial charge in [0.15, 0.2) is 0 Å². The molecule has 0 bridgehead atoms. The minimum atomic E-state index is -1.13. The predicted molar refractivity (Wildman–Crippen MR) is 145 cm³/mol. The highest BCUT2D eigenvalue weighted by Crippen LogP contribution is 2.38. The van der Waals surface area contributed by atoms with Gasteiger partial charge in [-0.25, -0.2) is 0 Å². The molecular formula is C28H41N5O4. The van der Waals surface area contributed by atoms with E-state index < -0.39 is 29.4 Å². The maximum absolute atomic E-state index is 13.9. The number of carbonyl (C=O) groups is 3. The number of nitrogens with zero attached hydrogens (tertiary/aromatic N) is 2. The lowest BCUT2D eigenvalue weighted by Gasteiger charge is -2.38. The summed E-state index contributed by atoms with van der Waals surface area (Å²) < 4.78 is 5.57. The minimum absolute atomic E-state index is 0.145. The molecule has 1 aromatic carbocycles. The van der Waals surface area contributed by atoms with Crippen LogP contribution in [0.15, 0.2) is 41.0 Å². The fourth-order valence-corrected chi connectivity index (χ4v) is 4.63. The smallest absolute Gasteiger partial charge is 0.250 e. The number of nitrogens with two attached hydrogens (primary N) is 1. The van der Waals surface area contributed by atoms with Crippen molar-refractivity contribution in [3.05, 3.63) is 47.9 Å². The van der Waals surface area contributed by atoms with E-state index in [2.05, 4.69) is 29.4 Å². The van der Waals surface area contributed by atoms with Crippen molar-refractivity contribution in [3.63, 3.8) is 0 Å². The molecule has 0 saturated carbocycles. The van der Waals surface area contributed by atoms with E-state index in [1.54, 1.807) is 31.1 Å². The molecule has 2 heterocycles. The van der Waals surface area contributed by atoms with Crippen LogP contribution in [0.2, 0.25) is 0 Å². The highest BCUT2D eigenvalue weighted by atomic mass is 16.3. The molecule has 1 unspecified atom stereocenters. The molecule has 0 radical (unpaired) electrons. The highest BCUT2D eigenvalue weighted by molar-refractivity contribution is 6.05. The third kappa shape index (κ3) is 6.71. The zero-order valence-corrected chi connectivity index (χ0v) is 22.8. The van der Waals surface area contributed by atoms with Crippen molar-refractivity contribution >= 4 is 29.1 Å². The molecule has 2 aromatic rings. The number of hydrogen-bond acceptors (Lipinski definition) is 6. The maximum atomic E-state index is 13.9. The number of anilines is 2. The molecule has 9 heteroatoms. The first kappa shape index (κ1) is 28.2. The Morgan fingerprint density at radius 2 is 1.89 bits per heavy atom. The van der Waals surface area contributed by atoms with Gasteiger partial charge in [0.2, 0.25) is 17.7 Å². The molecular weight excluding hydrogens is 470 g/mol. The van der Waals surface area contributed by atoms with E-state index >= 15 is 0 Å². The minimum Gasteiger partial charge on any atom is -0.467 e. The van der Waals surface area contributed by atoms with Gasteiger partial charge in [0.1, 0.15) is 17.8 Å². The molecule has 4 N–H and O–H groups in total. The standard InChI is InChI=1S/C28H41N5O4/c1-7-32(8-2)23-13-9-11-19-16-22(26(35)33(24(19)23)17-20-12-10-14-37-20)30-25(34)21(15-18(3)4)31-27(36)28(5,6)29/h9-14,18,21-22H,7-8,15-17,29H2,1-6H3,(H,30,34)(H,31,36)/t21-,22?/m1/s1. The Morgan fingerprint density at radius 1 is 1.19 bits per heavy atom. The van der Waals surface area contributed by atoms with Gasteiger partial charge >= 0.3 is 0 Å². The maximum Gasteiger partial charge on any atom is 0.250 e. The lowest BCUT2D eigenvalue weighted by Crippen LogP contribution is -2.59. The number of para-hydroxylation sites is 1. The van der Waals surface area contributed by atoms with Gasteiger partial charge in [0.05, 0.1) is 29.7 Å². The summed E-state index contributed by atoms with van der Waals surface area (Å²) in [5.74, 6) is -0.240. The van der Waals surface area contributed by atoms with Gasteiger partial charge in [-0.2, -0.15) is 0 Å². The van der Waals surface area contributed by atoms with Crippen molar-refractivity contribution in [2.45, 2.75) is 78.6 Å². The average Bonchev–Trinajstić information content (AvgIpc) is 3.34. The number of fused-ring (bicyclic) bond motifs is 1. The third-order valence-corrected chi connectivity index (χ3v) is 6.59. The molecule has 1 aromatic heterocycles. The van der Waals surface area contributed by atoms with Crippen molar-refractivity contribution in [1.82, 2.24) is 10.6 Å². The zero-order chi connectivity index (χ0) is 27.3. The van der Waals surface area contributed by atoms with Gasteiger partial charge < -0.3 is 30.6 Å². The first-order valence-electron chi connectivity index (χ1n) is 13.1. The number of furan rings is 1. The topological polar surface area (TPSA) is 121 Å². The van der Waals surface area contributed by atoms with Crippen molar-refractivity contribution in [2.75, 3.05) is 22.9 Å². The molecule has 3 rings (SSSR count). The summed E-state index contributed by atoms with van der Waals surface area (Å²) >= 11 is 0. The predicted octanol–water partition coefficient (Wildman–Crippen LogP) is 2.97. The van der Waals surface area contributed by atoms with Gasteiger partial charge in [-0.1, -0.05) is 26.0 Å². The summed E-state index contributed by atoms with van der Waals surface area (Å²) in [6.07, 6.45) is 2.36. The van der Waals surface area contributed by atoms with E-state index in [9.17, 15) is 14.4 Å². The summed E-state index contributed by atoms with van der Waals surface area (Å²) in [4.78, 5) is 43.7. The number of carbonyl (C=O) groups excluding carboxylic acids is 3. The summed E-state index contributed by atoms with van der Waals surface area (Å²) in [7, 11) is 0. The quantitative estimate of drug-likeness (QED) is 0.427. The molecule has 0 aliphatic carbocycles. The lowest BCUT2D eigenvalue weighted by molar-refractivity contribution is -0.133. The van der Waals surface area contributed by atoms with Gasteiger partial charge in [0, 0.05) is 19.5 Å². The molecule has 202 valence electrons. The lowest BCUT2D eigenvalue weighted by atomic mass is 9.94. The van der Waals surface area contributed by atoms with Crippen molar-refractivity contribution < 1.29 is 18.8 Å². The van der Waals surface area contributed by atoms with Crippen LogP contribution in [0.5, 0.6) is 0 Å². The monoisotopic (exact) mass is 511 g/mol. The van der Waals surface area contributed by atoms with E-state index in [0.29, 0.717) is 18.6 Å². The zero-order valence-electron chi connectivity index (χ0n) is 22.8. The number of amides is 3. The van der Waals surface area contributed by atoms with E-state index in [1.165, 1.54) is 0 Å². The normalized spacial score (nSPS) is 16.4. The number of hydrogen-bond donors (Lipinski definition) is 3. The van der Waals surface area contributed by atoms with Crippen molar-refractivity contribution in [2.24, 2.45) is 11.7 Å². The molecule has 1 aliphatic heterocycles. The Labute approximate surface area is 219 Å². The van der Waals surface area contributed by atoms with Crippen LogP contribution in [-0.4, -0.2) is 48.4 Å². The number of nitrogens with one attached hydrogen (secondary N) is 2. The number of rotatable bonds is 11. The molecule has 3 amide bonds. The second-order valence-electron chi connectivity index (χ2n) is 10.6. The Hall–Kier alpha value is -3.33. The first-order chi connectivity index (χ1) is 17.5. The largest absolute Gasteiger partial charge is 0.467 e. The summed E-state index contributed by atoms with van der Waals surface area (Å²) in [5.41, 5.74) is 7.60. The average molecular weight is 512 g/mol. The van der Waals surface area contributed by atoms with Gasteiger partial charge in [-0.3, -0.25) is 14.4 Å². The molecule has 0 saturated heterocycles. The van der Waals surface area contributed by atoms with E-state index in [1.807, 2.05) is 38.1 Å². The summed E-state index contributed by atoms with van der Waals surface area (Å²) in [6, 6.07) is 8.04. The Bertz CT molecular complexity index is 1090. The van der Waals surface area contributed by atoms with Crippen LogP contribution in [0.1, 0.15) is 59.3 Å². The Morgan fingerprint density at radius 3 is 2.46 bits per heavy atom. The molecule has 37 heavy (non-hydrogen) atoms. The van der Waals surface area contributed by atoms with Crippen LogP contribution in [0.25, 0.3) is 0 Å². The summed E-state index contributed by atoms with van der Waals surface area (Å²) in [6.45, 7) is 13.1. The van der Waals surface area contributed by atoms with Crippen molar-refractivity contribution in [1.29, 1.82) is 0 Å². The van der Waals surface area contributed by atoms with Crippen LogP contribution < -0.4 is 26.2 Å². The molecule has 0 spiro atoms. The fraction of sp³-hybridized carbons (Fsp3) is 0.536. The highest BCUT2D eigenvalue weighted by Gasteiger charge is 2.38. The van der Waals surface area contributed by atoms with Crippen LogP contribution in [0, 0.1) is 5.92 Å². The second kappa shape index (κ2) is 11.8. The van der Waals surface area contributed by atoms with Gasteiger partial charge in [0.25, 0.3) is 0 Å². The van der Waals surface area contributed by atoms with Gasteiger partial charge in [-0.05, 0) is 63.8 Å². The van der Waals surface area contributed by atoms with Crippen LogP contribution in [0.4, 0.5) is 11.4 Å². The van der Waals surface area contributed by atoms with Gasteiger partial charge in [-0.15, -0.1) is 0 Å². The van der Waals surface area contributed by atoms with Crippen LogP contribution in [0.3, 0.4) is 0 Å². The SMILES string of the molecule is CCN(CC)c1cccc2c1N(Cc1ccco1)C(=O)C(NC(=O)[C@@H](CC(C)C)NC(=O)C(C)(C)N)C2. The molecule has 2 atom stereocenters. The van der Waals surface area contributed by atoms with Crippen LogP contribution in [-0.2, 0) is 27.3 Å².